The van der Waals surface area contributed by atoms with Gasteiger partial charge in [0.15, 0.2) is 0 Å². The van der Waals surface area contributed by atoms with Crippen LogP contribution >= 0.6 is 0 Å². The smallest absolute Gasteiger partial charge is 0.132 e. The molecule has 1 aliphatic rings. The SMILES string of the molecule is COC1C/C=C\CCCCCCCC(=O)CCC1. The van der Waals surface area contributed by atoms with Gasteiger partial charge in [0, 0.05) is 20.0 Å². The average molecular weight is 252 g/mol. The Morgan fingerprint density at radius 3 is 2.56 bits per heavy atom. The van der Waals surface area contributed by atoms with E-state index in [0.29, 0.717) is 11.9 Å². The lowest BCUT2D eigenvalue weighted by atomic mass is 10.0. The minimum Gasteiger partial charge on any atom is -0.381 e. The molecule has 104 valence electrons. The number of hydrogen-bond donors (Lipinski definition) is 0. The van der Waals surface area contributed by atoms with Crippen molar-refractivity contribution in [2.75, 3.05) is 7.11 Å². The van der Waals surface area contributed by atoms with Gasteiger partial charge in [0.05, 0.1) is 6.10 Å². The zero-order valence-electron chi connectivity index (χ0n) is 11.8. The van der Waals surface area contributed by atoms with Crippen molar-refractivity contribution in [3.63, 3.8) is 0 Å². The van der Waals surface area contributed by atoms with Gasteiger partial charge in [0.2, 0.25) is 0 Å². The number of allylic oxidation sites excluding steroid dienone is 1. The minimum atomic E-state index is 0.291. The molecular weight excluding hydrogens is 224 g/mol. The van der Waals surface area contributed by atoms with Crippen LogP contribution < -0.4 is 0 Å². The number of carbonyl (C=O) groups is 1. The topological polar surface area (TPSA) is 26.3 Å². The molecule has 0 aliphatic heterocycles. The zero-order chi connectivity index (χ0) is 13.1. The van der Waals surface area contributed by atoms with Gasteiger partial charge in [-0.3, -0.25) is 4.79 Å². The molecule has 1 aliphatic carbocycles. The van der Waals surface area contributed by atoms with E-state index in [2.05, 4.69) is 12.2 Å². The van der Waals surface area contributed by atoms with Crippen LogP contribution in [0.4, 0.5) is 0 Å². The normalized spacial score (nSPS) is 27.2. The molecule has 0 fully saturated rings. The number of rotatable bonds is 1. The summed E-state index contributed by atoms with van der Waals surface area (Å²) in [5.41, 5.74) is 0. The number of carbonyl (C=O) groups excluding carboxylic acids is 1. The Morgan fingerprint density at radius 1 is 1.00 bits per heavy atom. The Bertz CT molecular complexity index is 245. The first kappa shape index (κ1) is 15.4. The van der Waals surface area contributed by atoms with Crippen LogP contribution in [0.15, 0.2) is 12.2 Å². The standard InChI is InChI=1S/C16H28O2/c1-18-16-13-9-7-5-3-2-4-6-8-11-15(17)12-10-14-16/h7,9,16H,2-6,8,10-14H2,1H3/b9-7-. The molecule has 0 bridgehead atoms. The van der Waals surface area contributed by atoms with Gasteiger partial charge < -0.3 is 4.74 Å². The number of methoxy groups -OCH3 is 1. The van der Waals surface area contributed by atoms with Crippen LogP contribution in [-0.4, -0.2) is 19.0 Å². The second kappa shape index (κ2) is 10.3. The summed E-state index contributed by atoms with van der Waals surface area (Å²) in [6.07, 6.45) is 16.7. The van der Waals surface area contributed by atoms with Gasteiger partial charge in [0.1, 0.15) is 5.78 Å². The van der Waals surface area contributed by atoms with E-state index in [1.807, 2.05) is 0 Å². The fourth-order valence-electron chi connectivity index (χ4n) is 2.46. The van der Waals surface area contributed by atoms with Gasteiger partial charge >= 0.3 is 0 Å². The van der Waals surface area contributed by atoms with Crippen LogP contribution in [0.25, 0.3) is 0 Å². The van der Waals surface area contributed by atoms with E-state index in [1.165, 1.54) is 32.1 Å². The Labute approximate surface area is 112 Å². The number of Topliss-reactive ketones (excluding diaryl/α,β-unsaturated/α-hetero) is 1. The molecule has 2 nitrogen and oxygen atoms in total. The highest BCUT2D eigenvalue weighted by molar-refractivity contribution is 5.78. The Morgan fingerprint density at radius 2 is 1.72 bits per heavy atom. The molecule has 18 heavy (non-hydrogen) atoms. The highest BCUT2D eigenvalue weighted by Crippen LogP contribution is 2.14. The van der Waals surface area contributed by atoms with Gasteiger partial charge in [-0.25, -0.2) is 0 Å². The lowest BCUT2D eigenvalue weighted by Crippen LogP contribution is -2.10. The average Bonchev–Trinajstić information content (AvgIpc) is 2.38. The van der Waals surface area contributed by atoms with Crippen molar-refractivity contribution in [1.82, 2.24) is 0 Å². The molecule has 0 aromatic carbocycles. The third-order valence-corrected chi connectivity index (χ3v) is 3.71. The van der Waals surface area contributed by atoms with Gasteiger partial charge in [-0.05, 0) is 38.5 Å². The van der Waals surface area contributed by atoms with Crippen LogP contribution in [0, 0.1) is 0 Å². The quantitative estimate of drug-likeness (QED) is 0.645. The van der Waals surface area contributed by atoms with E-state index in [0.717, 1.165) is 38.5 Å². The lowest BCUT2D eigenvalue weighted by molar-refractivity contribution is -0.119. The van der Waals surface area contributed by atoms with Crippen molar-refractivity contribution < 1.29 is 9.53 Å². The summed E-state index contributed by atoms with van der Waals surface area (Å²) in [5, 5.41) is 0. The fourth-order valence-corrected chi connectivity index (χ4v) is 2.46. The molecule has 0 saturated heterocycles. The Balaban J connectivity index is 2.35. The van der Waals surface area contributed by atoms with E-state index in [1.54, 1.807) is 7.11 Å². The van der Waals surface area contributed by atoms with E-state index < -0.39 is 0 Å². The molecule has 0 radical (unpaired) electrons. The second-order valence-corrected chi connectivity index (χ2v) is 5.30. The number of ketones is 1. The van der Waals surface area contributed by atoms with Crippen LogP contribution in [0.5, 0.6) is 0 Å². The molecular formula is C16H28O2. The Kier molecular flexibility index (Phi) is 8.83. The zero-order valence-corrected chi connectivity index (χ0v) is 11.8. The molecule has 0 saturated carbocycles. The van der Waals surface area contributed by atoms with Crippen molar-refractivity contribution in [2.45, 2.75) is 76.7 Å². The predicted molar refractivity (Wildman–Crippen MR) is 75.7 cm³/mol. The van der Waals surface area contributed by atoms with Gasteiger partial charge in [-0.15, -0.1) is 0 Å². The molecule has 1 atom stereocenters. The molecule has 1 rings (SSSR count). The van der Waals surface area contributed by atoms with E-state index >= 15 is 0 Å². The van der Waals surface area contributed by atoms with Crippen LogP contribution in [0.1, 0.15) is 70.6 Å². The molecule has 0 aromatic rings. The summed E-state index contributed by atoms with van der Waals surface area (Å²) >= 11 is 0. The van der Waals surface area contributed by atoms with Crippen molar-refractivity contribution >= 4 is 5.78 Å². The minimum absolute atomic E-state index is 0.291. The third-order valence-electron chi connectivity index (χ3n) is 3.71. The van der Waals surface area contributed by atoms with Gasteiger partial charge in [-0.2, -0.15) is 0 Å². The summed E-state index contributed by atoms with van der Waals surface area (Å²) in [6.45, 7) is 0. The molecule has 0 N–H and O–H groups in total. The van der Waals surface area contributed by atoms with Gasteiger partial charge in [-0.1, -0.05) is 31.4 Å². The van der Waals surface area contributed by atoms with Crippen LogP contribution in [0.2, 0.25) is 0 Å². The first-order valence-electron chi connectivity index (χ1n) is 7.52. The van der Waals surface area contributed by atoms with Gasteiger partial charge in [0.25, 0.3) is 0 Å². The summed E-state index contributed by atoms with van der Waals surface area (Å²) < 4.78 is 5.45. The highest BCUT2D eigenvalue weighted by Gasteiger charge is 2.08. The van der Waals surface area contributed by atoms with Crippen molar-refractivity contribution in [1.29, 1.82) is 0 Å². The van der Waals surface area contributed by atoms with Crippen molar-refractivity contribution in [3.8, 4) is 0 Å². The number of ether oxygens (including phenoxy) is 1. The van der Waals surface area contributed by atoms with E-state index in [9.17, 15) is 4.79 Å². The lowest BCUT2D eigenvalue weighted by Gasteiger charge is -2.12. The molecule has 0 heterocycles. The number of hydrogen-bond acceptors (Lipinski definition) is 2. The molecule has 2 heteroatoms. The monoisotopic (exact) mass is 252 g/mol. The maximum absolute atomic E-state index is 11.7. The van der Waals surface area contributed by atoms with Crippen molar-refractivity contribution in [2.24, 2.45) is 0 Å². The largest absolute Gasteiger partial charge is 0.381 e. The van der Waals surface area contributed by atoms with E-state index in [4.69, 9.17) is 4.74 Å². The van der Waals surface area contributed by atoms with Crippen molar-refractivity contribution in [3.05, 3.63) is 12.2 Å². The first-order valence-corrected chi connectivity index (χ1v) is 7.52. The van der Waals surface area contributed by atoms with E-state index in [-0.39, 0.29) is 0 Å². The molecule has 0 spiro atoms. The predicted octanol–water partition coefficient (Wildman–Crippen LogP) is 4.43. The summed E-state index contributed by atoms with van der Waals surface area (Å²) in [5.74, 6) is 0.440. The first-order chi connectivity index (χ1) is 8.83. The summed E-state index contributed by atoms with van der Waals surface area (Å²) in [7, 11) is 1.77. The second-order valence-electron chi connectivity index (χ2n) is 5.30. The van der Waals surface area contributed by atoms with Crippen LogP contribution in [0.3, 0.4) is 0 Å². The summed E-state index contributed by atoms with van der Waals surface area (Å²) in [4.78, 5) is 11.7. The molecule has 0 aromatic heterocycles. The van der Waals surface area contributed by atoms with Crippen LogP contribution in [-0.2, 0) is 9.53 Å². The third kappa shape index (κ3) is 7.65. The molecule has 0 amide bonds. The highest BCUT2D eigenvalue weighted by atomic mass is 16.5. The summed E-state index contributed by atoms with van der Waals surface area (Å²) in [6, 6.07) is 0. The maximum Gasteiger partial charge on any atom is 0.132 e. The maximum atomic E-state index is 11.7. The Hall–Kier alpha value is -0.630. The molecule has 1 unspecified atom stereocenters. The fraction of sp³-hybridized carbons (Fsp3) is 0.812.